The number of cyclic esters (lactones) is 1. The number of benzene rings is 2. The second-order valence-electron chi connectivity index (χ2n) is 4.67. The molecule has 0 amide bonds. The molecule has 0 unspecified atom stereocenters. The first-order valence-corrected chi connectivity index (χ1v) is 8.34. The third-order valence-electron chi connectivity index (χ3n) is 3.18. The summed E-state index contributed by atoms with van der Waals surface area (Å²) in [4.78, 5) is 11.9. The third-order valence-corrected chi connectivity index (χ3v) is 5.35. The summed E-state index contributed by atoms with van der Waals surface area (Å²) < 4.78 is 7.07. The van der Waals surface area contributed by atoms with Gasteiger partial charge < -0.3 is 0 Å². The van der Waals surface area contributed by atoms with Gasteiger partial charge in [0.05, 0.1) is 0 Å². The summed E-state index contributed by atoms with van der Waals surface area (Å²) in [6.45, 7) is 0. The molecule has 3 rings (SSSR count). The Hall–Kier alpha value is -1.87. The average Bonchev–Trinajstić information content (AvgIpc) is 2.89. The van der Waals surface area contributed by atoms with Crippen LogP contribution in [0.15, 0.2) is 71.2 Å². The molecule has 0 saturated carbocycles. The van der Waals surface area contributed by atoms with Crippen LogP contribution in [0, 0.1) is 0 Å². The maximum absolute atomic E-state index is 11.9. The topological polar surface area (TPSA) is 46.5 Å². The normalized spacial score (nSPS) is 19.0. The SMILES string of the molecule is O=C1O[C@@H]([C@H](O)c2ccccc2)C=C1[Se]c1ccccc1. The number of carbonyl (C=O) groups excluding carboxylic acids is 1. The van der Waals surface area contributed by atoms with Crippen LogP contribution >= 0.6 is 0 Å². The van der Waals surface area contributed by atoms with Gasteiger partial charge in [-0.3, -0.25) is 0 Å². The standard InChI is InChI=1S/C17H14O3Se/c18-16(12-7-3-1-4-8-12)14-11-15(17(19)20-14)21-13-9-5-2-6-10-13/h1-11,14,16,18H/t14-,16-/m1/s1. The van der Waals surface area contributed by atoms with E-state index < -0.39 is 12.2 Å². The van der Waals surface area contributed by atoms with Gasteiger partial charge in [0, 0.05) is 0 Å². The molecular weight excluding hydrogens is 331 g/mol. The molecule has 2 atom stereocenters. The minimum atomic E-state index is -0.820. The van der Waals surface area contributed by atoms with Crippen LogP contribution < -0.4 is 4.46 Å². The summed E-state index contributed by atoms with van der Waals surface area (Å²) in [7, 11) is 0. The summed E-state index contributed by atoms with van der Waals surface area (Å²) in [5.41, 5.74) is 0.750. The molecule has 2 aromatic carbocycles. The van der Waals surface area contributed by atoms with Crippen molar-refractivity contribution < 1.29 is 14.6 Å². The van der Waals surface area contributed by atoms with Crippen molar-refractivity contribution in [2.75, 3.05) is 0 Å². The molecule has 1 aliphatic rings. The van der Waals surface area contributed by atoms with Gasteiger partial charge in [0.2, 0.25) is 0 Å². The van der Waals surface area contributed by atoms with Crippen molar-refractivity contribution >= 4 is 25.4 Å². The van der Waals surface area contributed by atoms with E-state index in [1.54, 1.807) is 6.08 Å². The molecule has 3 nitrogen and oxygen atoms in total. The number of hydrogen-bond acceptors (Lipinski definition) is 3. The van der Waals surface area contributed by atoms with Crippen LogP contribution in [0.4, 0.5) is 0 Å². The Morgan fingerprint density at radius 2 is 1.62 bits per heavy atom. The molecule has 0 radical (unpaired) electrons. The minimum absolute atomic E-state index is 0.0937. The van der Waals surface area contributed by atoms with Crippen LogP contribution in [0.1, 0.15) is 11.7 Å². The number of esters is 1. The molecule has 21 heavy (non-hydrogen) atoms. The van der Waals surface area contributed by atoms with Crippen LogP contribution in [-0.4, -0.2) is 32.1 Å². The quantitative estimate of drug-likeness (QED) is 0.676. The van der Waals surface area contributed by atoms with Gasteiger partial charge in [-0.15, -0.1) is 0 Å². The molecule has 2 aromatic rings. The molecule has 1 N–H and O–H groups in total. The number of hydrogen-bond donors (Lipinski definition) is 1. The van der Waals surface area contributed by atoms with Crippen molar-refractivity contribution in [1.82, 2.24) is 0 Å². The number of carbonyl (C=O) groups is 1. The Morgan fingerprint density at radius 3 is 2.29 bits per heavy atom. The number of aliphatic hydroxyl groups is 1. The van der Waals surface area contributed by atoms with Gasteiger partial charge in [-0.1, -0.05) is 0 Å². The molecule has 0 aliphatic carbocycles. The maximum atomic E-state index is 11.9. The van der Waals surface area contributed by atoms with E-state index >= 15 is 0 Å². The molecule has 0 spiro atoms. The molecule has 0 saturated heterocycles. The zero-order chi connectivity index (χ0) is 14.7. The number of ether oxygens (including phenoxy) is 1. The van der Waals surface area contributed by atoms with Gasteiger partial charge in [-0.2, -0.15) is 0 Å². The van der Waals surface area contributed by atoms with Crippen molar-refractivity contribution in [1.29, 1.82) is 0 Å². The molecule has 0 bridgehead atoms. The summed E-state index contributed by atoms with van der Waals surface area (Å²) >= 11 is -0.0937. The van der Waals surface area contributed by atoms with Gasteiger partial charge in [-0.05, 0) is 0 Å². The van der Waals surface area contributed by atoms with Crippen LogP contribution in [0.25, 0.3) is 0 Å². The van der Waals surface area contributed by atoms with Crippen LogP contribution in [-0.2, 0) is 9.53 Å². The molecule has 0 aromatic heterocycles. The van der Waals surface area contributed by atoms with Crippen LogP contribution in [0.5, 0.6) is 0 Å². The third kappa shape index (κ3) is 3.24. The first kappa shape index (κ1) is 14.1. The predicted molar refractivity (Wildman–Crippen MR) is 81.2 cm³/mol. The summed E-state index contributed by atoms with van der Waals surface area (Å²) in [5.74, 6) is -0.321. The number of rotatable bonds is 4. The Kier molecular flexibility index (Phi) is 4.20. The average molecular weight is 345 g/mol. The van der Waals surface area contributed by atoms with Gasteiger partial charge in [0.1, 0.15) is 0 Å². The van der Waals surface area contributed by atoms with E-state index in [4.69, 9.17) is 4.74 Å². The van der Waals surface area contributed by atoms with Crippen molar-refractivity contribution in [2.24, 2.45) is 0 Å². The second kappa shape index (κ2) is 6.27. The van der Waals surface area contributed by atoms with Gasteiger partial charge in [0.25, 0.3) is 0 Å². The molecule has 0 fully saturated rings. The van der Waals surface area contributed by atoms with E-state index in [1.807, 2.05) is 60.7 Å². The van der Waals surface area contributed by atoms with E-state index in [0.717, 1.165) is 10.0 Å². The van der Waals surface area contributed by atoms with Crippen molar-refractivity contribution in [3.05, 3.63) is 76.8 Å². The van der Waals surface area contributed by atoms with Gasteiger partial charge in [0.15, 0.2) is 0 Å². The fraction of sp³-hybridized carbons (Fsp3) is 0.118. The zero-order valence-corrected chi connectivity index (χ0v) is 12.9. The number of aliphatic hydroxyl groups excluding tert-OH is 1. The Morgan fingerprint density at radius 1 is 1.00 bits per heavy atom. The Balaban J connectivity index is 1.76. The molecule has 4 heteroatoms. The van der Waals surface area contributed by atoms with Crippen molar-refractivity contribution in [2.45, 2.75) is 12.2 Å². The zero-order valence-electron chi connectivity index (χ0n) is 11.2. The van der Waals surface area contributed by atoms with E-state index in [1.165, 1.54) is 0 Å². The first-order valence-electron chi connectivity index (χ1n) is 6.63. The summed E-state index contributed by atoms with van der Waals surface area (Å²) in [6.07, 6.45) is 0.340. The molecule has 1 heterocycles. The second-order valence-corrected chi connectivity index (χ2v) is 7.01. The first-order chi connectivity index (χ1) is 10.2. The van der Waals surface area contributed by atoms with E-state index in [9.17, 15) is 9.90 Å². The fourth-order valence-electron chi connectivity index (χ4n) is 2.12. The Labute approximate surface area is 129 Å². The van der Waals surface area contributed by atoms with E-state index in [2.05, 4.69) is 0 Å². The van der Waals surface area contributed by atoms with Gasteiger partial charge >= 0.3 is 129 Å². The molecule has 106 valence electrons. The van der Waals surface area contributed by atoms with Crippen molar-refractivity contribution in [3.63, 3.8) is 0 Å². The van der Waals surface area contributed by atoms with E-state index in [-0.39, 0.29) is 20.9 Å². The Bertz CT molecular complexity index is 652. The summed E-state index contributed by atoms with van der Waals surface area (Å²) in [5, 5.41) is 10.3. The summed E-state index contributed by atoms with van der Waals surface area (Å²) in [6, 6.07) is 19.1. The van der Waals surface area contributed by atoms with Gasteiger partial charge in [-0.25, -0.2) is 0 Å². The monoisotopic (exact) mass is 346 g/mol. The molecular formula is C17H14O3Se. The van der Waals surface area contributed by atoms with Crippen LogP contribution in [0.2, 0.25) is 0 Å². The predicted octanol–water partition coefficient (Wildman–Crippen LogP) is 1.56. The fourth-order valence-corrected chi connectivity index (χ4v) is 3.97. The van der Waals surface area contributed by atoms with E-state index in [0.29, 0.717) is 4.47 Å². The van der Waals surface area contributed by atoms with Crippen molar-refractivity contribution in [3.8, 4) is 0 Å². The van der Waals surface area contributed by atoms with Crippen LogP contribution in [0.3, 0.4) is 0 Å². The molecule has 1 aliphatic heterocycles.